The summed E-state index contributed by atoms with van der Waals surface area (Å²) in [6.07, 6.45) is 1.74. The average molecular weight is 411 g/mol. The van der Waals surface area contributed by atoms with Crippen LogP contribution in [0.15, 0.2) is 40.1 Å². The second-order valence-electron chi connectivity index (χ2n) is 5.40. The third-order valence-electron chi connectivity index (χ3n) is 2.94. The van der Waals surface area contributed by atoms with Crippen molar-refractivity contribution in [1.82, 2.24) is 20.6 Å². The number of aromatic amines is 1. The van der Waals surface area contributed by atoms with E-state index in [1.807, 2.05) is 38.1 Å². The molecule has 0 bridgehead atoms. The molecule has 0 radical (unpaired) electrons. The standard InChI is InChI=1S/C16H19BrN4O2S/c1-10(2)20-14(22)8-18-15(23)9-24-16-19-7-13(21-16)11-3-5-12(17)6-4-11/h3-7,10H,8-9H2,1-2H3,(H,18,23)(H,19,21)(H,20,22). The molecule has 0 unspecified atom stereocenters. The summed E-state index contributed by atoms with van der Waals surface area (Å²) in [4.78, 5) is 30.7. The van der Waals surface area contributed by atoms with Gasteiger partial charge in [0, 0.05) is 10.5 Å². The Morgan fingerprint density at radius 2 is 1.96 bits per heavy atom. The number of nitrogens with one attached hydrogen (secondary N) is 3. The lowest BCUT2D eigenvalue weighted by Crippen LogP contribution is -2.40. The number of carbonyl (C=O) groups is 2. The van der Waals surface area contributed by atoms with Gasteiger partial charge < -0.3 is 15.6 Å². The molecule has 0 atom stereocenters. The fourth-order valence-electron chi connectivity index (χ4n) is 1.89. The van der Waals surface area contributed by atoms with E-state index in [0.29, 0.717) is 5.16 Å². The molecular weight excluding hydrogens is 392 g/mol. The van der Waals surface area contributed by atoms with E-state index in [0.717, 1.165) is 15.7 Å². The van der Waals surface area contributed by atoms with E-state index in [4.69, 9.17) is 0 Å². The number of amides is 2. The van der Waals surface area contributed by atoms with Crippen molar-refractivity contribution in [2.24, 2.45) is 0 Å². The van der Waals surface area contributed by atoms with Crippen LogP contribution in [0, 0.1) is 0 Å². The van der Waals surface area contributed by atoms with Crippen LogP contribution >= 0.6 is 27.7 Å². The Labute approximate surface area is 153 Å². The highest BCUT2D eigenvalue weighted by molar-refractivity contribution is 9.10. The minimum atomic E-state index is -0.208. The first-order valence-electron chi connectivity index (χ1n) is 7.44. The number of imidazole rings is 1. The number of carbonyl (C=O) groups excluding carboxylic acids is 2. The molecule has 2 aromatic rings. The molecule has 0 fully saturated rings. The van der Waals surface area contributed by atoms with Gasteiger partial charge in [-0.25, -0.2) is 4.98 Å². The molecule has 2 amide bonds. The van der Waals surface area contributed by atoms with Crippen LogP contribution in [0.1, 0.15) is 13.8 Å². The number of benzene rings is 1. The molecule has 0 aliphatic heterocycles. The fraction of sp³-hybridized carbons (Fsp3) is 0.312. The molecule has 8 heteroatoms. The third-order valence-corrected chi connectivity index (χ3v) is 4.36. The van der Waals surface area contributed by atoms with Gasteiger partial charge in [-0.2, -0.15) is 0 Å². The maximum atomic E-state index is 11.8. The number of aromatic nitrogens is 2. The Hall–Kier alpha value is -1.80. The van der Waals surface area contributed by atoms with Gasteiger partial charge in [0.2, 0.25) is 11.8 Å². The van der Waals surface area contributed by atoms with Gasteiger partial charge in [-0.15, -0.1) is 0 Å². The summed E-state index contributed by atoms with van der Waals surface area (Å²) in [5, 5.41) is 5.96. The van der Waals surface area contributed by atoms with Crippen molar-refractivity contribution < 1.29 is 9.59 Å². The minimum Gasteiger partial charge on any atom is -0.352 e. The van der Waals surface area contributed by atoms with Gasteiger partial charge in [0.05, 0.1) is 24.2 Å². The SMILES string of the molecule is CC(C)NC(=O)CNC(=O)CSc1ncc(-c2ccc(Br)cc2)[nH]1. The van der Waals surface area contributed by atoms with Crippen molar-refractivity contribution in [3.63, 3.8) is 0 Å². The lowest BCUT2D eigenvalue weighted by Gasteiger charge is -2.08. The van der Waals surface area contributed by atoms with Crippen molar-refractivity contribution in [3.05, 3.63) is 34.9 Å². The van der Waals surface area contributed by atoms with Crippen LogP contribution in [-0.4, -0.2) is 40.1 Å². The zero-order valence-corrected chi connectivity index (χ0v) is 15.8. The molecule has 0 aliphatic rings. The van der Waals surface area contributed by atoms with E-state index in [1.54, 1.807) is 6.20 Å². The Bertz CT molecular complexity index is 700. The van der Waals surface area contributed by atoms with Crippen molar-refractivity contribution in [3.8, 4) is 11.3 Å². The lowest BCUT2D eigenvalue weighted by atomic mass is 10.2. The van der Waals surface area contributed by atoms with Gasteiger partial charge in [0.25, 0.3) is 0 Å². The molecule has 2 rings (SSSR count). The maximum Gasteiger partial charge on any atom is 0.239 e. The minimum absolute atomic E-state index is 0.0140. The van der Waals surface area contributed by atoms with Gasteiger partial charge in [0.15, 0.2) is 5.16 Å². The van der Waals surface area contributed by atoms with E-state index < -0.39 is 0 Å². The summed E-state index contributed by atoms with van der Waals surface area (Å²) < 4.78 is 1.01. The summed E-state index contributed by atoms with van der Waals surface area (Å²) in [6.45, 7) is 3.73. The molecule has 6 nitrogen and oxygen atoms in total. The second kappa shape index (κ2) is 8.89. The topological polar surface area (TPSA) is 86.9 Å². The zero-order chi connectivity index (χ0) is 17.5. The highest BCUT2D eigenvalue weighted by Crippen LogP contribution is 2.22. The van der Waals surface area contributed by atoms with Crippen molar-refractivity contribution in [1.29, 1.82) is 0 Å². The van der Waals surface area contributed by atoms with Gasteiger partial charge in [-0.3, -0.25) is 9.59 Å². The summed E-state index contributed by atoms with van der Waals surface area (Å²) in [6, 6.07) is 7.93. The molecule has 0 spiro atoms. The molecule has 24 heavy (non-hydrogen) atoms. The zero-order valence-electron chi connectivity index (χ0n) is 13.4. The van der Waals surface area contributed by atoms with Crippen LogP contribution in [0.5, 0.6) is 0 Å². The molecule has 1 aromatic heterocycles. The highest BCUT2D eigenvalue weighted by Gasteiger charge is 2.09. The quantitative estimate of drug-likeness (QED) is 0.612. The van der Waals surface area contributed by atoms with Gasteiger partial charge >= 0.3 is 0 Å². The van der Waals surface area contributed by atoms with Crippen LogP contribution in [0.25, 0.3) is 11.3 Å². The van der Waals surface area contributed by atoms with Crippen molar-refractivity contribution >= 4 is 39.5 Å². The van der Waals surface area contributed by atoms with Crippen LogP contribution in [-0.2, 0) is 9.59 Å². The van der Waals surface area contributed by atoms with E-state index in [1.165, 1.54) is 11.8 Å². The van der Waals surface area contributed by atoms with E-state index in [9.17, 15) is 9.59 Å². The maximum absolute atomic E-state index is 11.8. The van der Waals surface area contributed by atoms with Crippen LogP contribution < -0.4 is 10.6 Å². The predicted molar refractivity (Wildman–Crippen MR) is 98.7 cm³/mol. The van der Waals surface area contributed by atoms with Crippen LogP contribution in [0.4, 0.5) is 0 Å². The molecule has 0 saturated carbocycles. The highest BCUT2D eigenvalue weighted by atomic mass is 79.9. The van der Waals surface area contributed by atoms with Crippen LogP contribution in [0.3, 0.4) is 0 Å². The van der Waals surface area contributed by atoms with Gasteiger partial charge in [-0.1, -0.05) is 39.8 Å². The first kappa shape index (κ1) is 18.5. The summed E-state index contributed by atoms with van der Waals surface area (Å²) >= 11 is 4.69. The molecular formula is C16H19BrN4O2S. The summed E-state index contributed by atoms with van der Waals surface area (Å²) in [7, 11) is 0. The molecule has 128 valence electrons. The number of hydrogen-bond donors (Lipinski definition) is 3. The number of rotatable bonds is 7. The fourth-order valence-corrected chi connectivity index (χ4v) is 2.83. The van der Waals surface area contributed by atoms with Crippen molar-refractivity contribution in [2.75, 3.05) is 12.3 Å². The van der Waals surface area contributed by atoms with Gasteiger partial charge in [-0.05, 0) is 31.5 Å². The normalized spacial score (nSPS) is 10.7. The Balaban J connectivity index is 1.79. The number of halogens is 1. The molecule has 1 aromatic carbocycles. The number of hydrogen-bond acceptors (Lipinski definition) is 4. The first-order valence-corrected chi connectivity index (χ1v) is 9.21. The largest absolute Gasteiger partial charge is 0.352 e. The first-order chi connectivity index (χ1) is 11.4. The number of H-pyrrole nitrogens is 1. The number of nitrogens with zero attached hydrogens (tertiary/aromatic N) is 1. The second-order valence-corrected chi connectivity index (χ2v) is 7.28. The molecule has 0 saturated heterocycles. The summed E-state index contributed by atoms with van der Waals surface area (Å²) in [5.41, 5.74) is 1.91. The predicted octanol–water partition coefficient (Wildman–Crippen LogP) is 2.57. The van der Waals surface area contributed by atoms with E-state index >= 15 is 0 Å². The summed E-state index contributed by atoms with van der Waals surface area (Å²) in [5.74, 6) is -0.207. The third kappa shape index (κ3) is 6.01. The smallest absolute Gasteiger partial charge is 0.239 e. The Kier molecular flexibility index (Phi) is 6.86. The van der Waals surface area contributed by atoms with Crippen molar-refractivity contribution in [2.45, 2.75) is 25.0 Å². The molecule has 3 N–H and O–H groups in total. The average Bonchev–Trinajstić information content (AvgIpc) is 3.00. The van der Waals surface area contributed by atoms with E-state index in [2.05, 4.69) is 36.5 Å². The van der Waals surface area contributed by atoms with Crippen LogP contribution in [0.2, 0.25) is 0 Å². The lowest BCUT2D eigenvalue weighted by molar-refractivity contribution is -0.125. The number of thioether (sulfide) groups is 1. The Morgan fingerprint density at radius 1 is 1.25 bits per heavy atom. The molecule has 1 heterocycles. The Morgan fingerprint density at radius 3 is 2.62 bits per heavy atom. The van der Waals surface area contributed by atoms with Gasteiger partial charge in [0.1, 0.15) is 0 Å². The van der Waals surface area contributed by atoms with E-state index in [-0.39, 0.29) is 30.2 Å². The molecule has 0 aliphatic carbocycles. The monoisotopic (exact) mass is 410 g/mol.